The van der Waals surface area contributed by atoms with Crippen LogP contribution in [0.3, 0.4) is 0 Å². The number of hydrogen-bond donors (Lipinski definition) is 2. The lowest BCUT2D eigenvalue weighted by atomic mass is 10.00. The third-order valence-electron chi connectivity index (χ3n) is 6.34. The molecule has 0 spiro atoms. The Hall–Kier alpha value is -3.27. The molecule has 4 nitrogen and oxygen atoms in total. The van der Waals surface area contributed by atoms with E-state index in [4.69, 9.17) is 4.99 Å². The fourth-order valence-corrected chi connectivity index (χ4v) is 4.43. The van der Waals surface area contributed by atoms with Crippen LogP contribution in [0.4, 0.5) is 11.4 Å². The molecule has 36 heavy (non-hydrogen) atoms. The molecule has 0 saturated carbocycles. The molecule has 2 N–H and O–H groups in total. The van der Waals surface area contributed by atoms with Crippen molar-refractivity contribution in [2.45, 2.75) is 74.1 Å². The summed E-state index contributed by atoms with van der Waals surface area (Å²) < 4.78 is 0. The van der Waals surface area contributed by atoms with E-state index in [0.717, 1.165) is 67.1 Å². The number of nitrogens with zero attached hydrogens (tertiary/aromatic N) is 2. The Labute approximate surface area is 219 Å². The van der Waals surface area contributed by atoms with Crippen LogP contribution in [-0.2, 0) is 12.8 Å². The molecule has 0 amide bonds. The Balaban J connectivity index is 2.18. The smallest absolute Gasteiger partial charge is 0.123 e. The van der Waals surface area contributed by atoms with E-state index < -0.39 is 0 Å². The molecule has 0 aliphatic rings. The number of allylic oxidation sites excluding steroid dienone is 2. The minimum atomic E-state index is 0.616. The van der Waals surface area contributed by atoms with Gasteiger partial charge in [-0.2, -0.15) is 0 Å². The maximum absolute atomic E-state index is 4.77. The summed E-state index contributed by atoms with van der Waals surface area (Å²) in [6.45, 7) is 25.6. The fraction of sp³-hybridized carbons (Fsp3) is 0.406. The lowest BCUT2D eigenvalue weighted by Gasteiger charge is -2.25. The summed E-state index contributed by atoms with van der Waals surface area (Å²) >= 11 is 0. The second-order valence-electron chi connectivity index (χ2n) is 9.27. The van der Waals surface area contributed by atoms with Gasteiger partial charge in [0.1, 0.15) is 5.82 Å². The zero-order chi connectivity index (χ0) is 26.7. The van der Waals surface area contributed by atoms with Crippen LogP contribution >= 0.6 is 0 Å². The second kappa shape index (κ2) is 14.3. The topological polar surface area (TPSA) is 39.7 Å². The first-order valence-corrected chi connectivity index (χ1v) is 13.4. The number of nitrogens with one attached hydrogen (secondary N) is 2. The molecule has 194 valence electrons. The molecule has 0 aliphatic carbocycles. The van der Waals surface area contributed by atoms with Gasteiger partial charge in [0.05, 0.1) is 11.4 Å². The van der Waals surface area contributed by atoms with Crippen molar-refractivity contribution >= 4 is 22.8 Å². The minimum absolute atomic E-state index is 0.616. The molecule has 0 aliphatic heterocycles. The van der Waals surface area contributed by atoms with Gasteiger partial charge in [0.25, 0.3) is 0 Å². The third kappa shape index (κ3) is 7.87. The normalized spacial score (nSPS) is 11.9. The van der Waals surface area contributed by atoms with E-state index in [2.05, 4.69) is 99.7 Å². The first kappa shape index (κ1) is 29.0. The number of benzene rings is 2. The zero-order valence-electron chi connectivity index (χ0n) is 23.6. The molecule has 2 aromatic carbocycles. The molecule has 0 bridgehead atoms. The van der Waals surface area contributed by atoms with Gasteiger partial charge < -0.3 is 15.5 Å². The zero-order valence-corrected chi connectivity index (χ0v) is 23.6. The molecule has 0 saturated heterocycles. The minimum Gasteiger partial charge on any atom is -0.372 e. The highest BCUT2D eigenvalue weighted by molar-refractivity contribution is 5.99. The average Bonchev–Trinajstić information content (AvgIpc) is 2.87. The number of aliphatic imine (C=N–C) groups is 1. The maximum atomic E-state index is 4.77. The van der Waals surface area contributed by atoms with Crippen molar-refractivity contribution in [3.05, 3.63) is 89.4 Å². The third-order valence-corrected chi connectivity index (χ3v) is 6.34. The Bertz CT molecular complexity index is 1100. The monoisotopic (exact) mass is 486 g/mol. The predicted molar refractivity (Wildman–Crippen MR) is 161 cm³/mol. The fourth-order valence-electron chi connectivity index (χ4n) is 4.43. The summed E-state index contributed by atoms with van der Waals surface area (Å²) in [6.07, 6.45) is 6.22. The van der Waals surface area contributed by atoms with Crippen LogP contribution in [0.25, 0.3) is 5.70 Å². The van der Waals surface area contributed by atoms with Crippen LogP contribution in [0.15, 0.2) is 72.1 Å². The molecule has 0 heterocycles. The first-order chi connectivity index (χ1) is 17.3. The number of anilines is 2. The lowest BCUT2D eigenvalue weighted by Crippen LogP contribution is -2.25. The van der Waals surface area contributed by atoms with Crippen molar-refractivity contribution in [1.82, 2.24) is 5.32 Å². The van der Waals surface area contributed by atoms with Gasteiger partial charge in [0.2, 0.25) is 0 Å². The standard InChI is InChI=1S/C32H46N4/c1-10-19-36(20-11-2)29-17-18-32(28(13-4)22-29)35-26(9)33-25(8)31(14-5)34-24(7)30-21-23(6)15-16-27(30)12-3/h14-18,21-22,34-35H,7,9-13,19-20H2,1-6,8H3/b31-14+,33-25?. The van der Waals surface area contributed by atoms with Gasteiger partial charge in [-0.3, -0.25) is 0 Å². The molecular formula is C32H46N4. The summed E-state index contributed by atoms with van der Waals surface area (Å²) in [5.74, 6) is 0.616. The van der Waals surface area contributed by atoms with Crippen molar-refractivity contribution in [2.75, 3.05) is 23.3 Å². The Morgan fingerprint density at radius 1 is 0.944 bits per heavy atom. The van der Waals surface area contributed by atoms with Crippen molar-refractivity contribution in [1.29, 1.82) is 0 Å². The molecule has 0 atom stereocenters. The Kier molecular flexibility index (Phi) is 11.5. The van der Waals surface area contributed by atoms with E-state index in [0.29, 0.717) is 5.82 Å². The molecule has 0 unspecified atom stereocenters. The Morgan fingerprint density at radius 3 is 2.19 bits per heavy atom. The first-order valence-electron chi connectivity index (χ1n) is 13.4. The van der Waals surface area contributed by atoms with Gasteiger partial charge in [-0.25, -0.2) is 4.99 Å². The SMILES string of the molecule is C=C(N=C(C)/C(=C\C)NC(=C)c1cc(C)ccc1CC)Nc1ccc(N(CCC)CCC)cc1CC. The van der Waals surface area contributed by atoms with Gasteiger partial charge >= 0.3 is 0 Å². The van der Waals surface area contributed by atoms with E-state index >= 15 is 0 Å². The number of aryl methyl sites for hydroxylation is 3. The van der Waals surface area contributed by atoms with Crippen LogP contribution in [0.1, 0.15) is 76.6 Å². The number of hydrogen-bond acceptors (Lipinski definition) is 4. The van der Waals surface area contributed by atoms with Crippen molar-refractivity contribution < 1.29 is 0 Å². The molecule has 2 rings (SSSR count). The van der Waals surface area contributed by atoms with Crippen LogP contribution in [0.5, 0.6) is 0 Å². The van der Waals surface area contributed by atoms with E-state index in [-0.39, 0.29) is 0 Å². The Morgan fingerprint density at radius 2 is 1.61 bits per heavy atom. The van der Waals surface area contributed by atoms with Crippen LogP contribution < -0.4 is 15.5 Å². The largest absolute Gasteiger partial charge is 0.372 e. The summed E-state index contributed by atoms with van der Waals surface area (Å²) in [7, 11) is 0. The highest BCUT2D eigenvalue weighted by atomic mass is 15.1. The van der Waals surface area contributed by atoms with Crippen LogP contribution in [0, 0.1) is 6.92 Å². The average molecular weight is 487 g/mol. The molecule has 0 aromatic heterocycles. The van der Waals surface area contributed by atoms with Crippen molar-refractivity contribution in [3.63, 3.8) is 0 Å². The molecule has 0 fully saturated rings. The van der Waals surface area contributed by atoms with Gasteiger partial charge in [0.15, 0.2) is 0 Å². The predicted octanol–water partition coefficient (Wildman–Crippen LogP) is 8.25. The van der Waals surface area contributed by atoms with Gasteiger partial charge in [-0.1, -0.05) is 64.6 Å². The van der Waals surface area contributed by atoms with Crippen LogP contribution in [-0.4, -0.2) is 18.8 Å². The highest BCUT2D eigenvalue weighted by Crippen LogP contribution is 2.26. The quantitative estimate of drug-likeness (QED) is 0.264. The van der Waals surface area contributed by atoms with E-state index in [1.165, 1.54) is 22.4 Å². The highest BCUT2D eigenvalue weighted by Gasteiger charge is 2.11. The summed E-state index contributed by atoms with van der Waals surface area (Å²) in [6, 6.07) is 13.2. The summed E-state index contributed by atoms with van der Waals surface area (Å²) in [4.78, 5) is 7.24. The van der Waals surface area contributed by atoms with Gasteiger partial charge in [-0.15, -0.1) is 0 Å². The van der Waals surface area contributed by atoms with E-state index in [1.807, 2.05) is 19.9 Å². The van der Waals surface area contributed by atoms with Crippen molar-refractivity contribution in [3.8, 4) is 0 Å². The molecule has 2 aromatic rings. The molecule has 0 radical (unpaired) electrons. The maximum Gasteiger partial charge on any atom is 0.123 e. The van der Waals surface area contributed by atoms with Crippen LogP contribution in [0.2, 0.25) is 0 Å². The van der Waals surface area contributed by atoms with Gasteiger partial charge in [-0.05, 0) is 81.8 Å². The summed E-state index contributed by atoms with van der Waals surface area (Å²) in [5, 5.41) is 6.92. The van der Waals surface area contributed by atoms with Crippen molar-refractivity contribution in [2.24, 2.45) is 4.99 Å². The second-order valence-corrected chi connectivity index (χ2v) is 9.27. The summed E-state index contributed by atoms with van der Waals surface area (Å²) in [5.41, 5.74) is 9.92. The van der Waals surface area contributed by atoms with E-state index in [9.17, 15) is 0 Å². The lowest BCUT2D eigenvalue weighted by molar-refractivity contribution is 0.744. The number of rotatable bonds is 14. The van der Waals surface area contributed by atoms with Gasteiger partial charge in [0, 0.05) is 35.7 Å². The van der Waals surface area contributed by atoms with E-state index in [1.54, 1.807) is 0 Å². The molecular weight excluding hydrogens is 440 g/mol. The molecule has 4 heteroatoms.